The zero-order chi connectivity index (χ0) is 17.4. The van der Waals surface area contributed by atoms with Crippen molar-refractivity contribution in [3.05, 3.63) is 65.1 Å². The molecule has 0 aliphatic heterocycles. The number of H-pyrrole nitrogens is 2. The zero-order valence-corrected chi connectivity index (χ0v) is 13.2. The minimum Gasteiger partial charge on any atom is -0.325 e. The molecule has 4 rings (SSSR count). The Morgan fingerprint density at radius 2 is 1.80 bits per heavy atom. The van der Waals surface area contributed by atoms with Crippen molar-refractivity contribution in [3.63, 3.8) is 0 Å². The van der Waals surface area contributed by atoms with Gasteiger partial charge >= 0.3 is 0 Å². The molecule has 4 aromatic rings. The normalized spacial score (nSPS) is 11.6. The summed E-state index contributed by atoms with van der Waals surface area (Å²) in [5.74, 6) is 0.430. The maximum Gasteiger partial charge on any atom is 0.161 e. The third-order valence-electron chi connectivity index (χ3n) is 3.83. The molecular weight excluding hydrogens is 324 g/mol. The van der Waals surface area contributed by atoms with Gasteiger partial charge in [0, 0.05) is 10.9 Å². The first-order chi connectivity index (χ1) is 12.1. The van der Waals surface area contributed by atoms with Gasteiger partial charge in [-0.15, -0.1) is 10.2 Å². The second-order valence-corrected chi connectivity index (χ2v) is 5.63. The Hall–Kier alpha value is -3.35. The van der Waals surface area contributed by atoms with Crippen LogP contribution in [0.2, 0.25) is 0 Å². The van der Waals surface area contributed by atoms with Gasteiger partial charge in [0.15, 0.2) is 5.82 Å². The predicted molar refractivity (Wildman–Crippen MR) is 91.5 cm³/mol. The van der Waals surface area contributed by atoms with E-state index >= 15 is 0 Å². The fourth-order valence-corrected chi connectivity index (χ4v) is 2.59. The van der Waals surface area contributed by atoms with Crippen molar-refractivity contribution >= 4 is 23.1 Å². The van der Waals surface area contributed by atoms with Crippen molar-refractivity contribution < 1.29 is 8.78 Å². The van der Waals surface area contributed by atoms with E-state index in [4.69, 9.17) is 0 Å². The minimum absolute atomic E-state index is 0.295. The molecule has 5 nitrogen and oxygen atoms in total. The van der Waals surface area contributed by atoms with Crippen molar-refractivity contribution in [3.8, 4) is 11.4 Å². The summed E-state index contributed by atoms with van der Waals surface area (Å²) < 4.78 is 27.3. The average Bonchev–Trinajstić information content (AvgIpc) is 3.21. The van der Waals surface area contributed by atoms with Gasteiger partial charge in [-0.25, -0.2) is 8.78 Å². The van der Waals surface area contributed by atoms with Gasteiger partial charge < -0.3 is 4.98 Å². The Morgan fingerprint density at radius 3 is 2.52 bits per heavy atom. The van der Waals surface area contributed by atoms with Crippen LogP contribution in [0.25, 0.3) is 34.4 Å². The highest BCUT2D eigenvalue weighted by atomic mass is 19.1. The van der Waals surface area contributed by atoms with Gasteiger partial charge in [0.1, 0.15) is 23.0 Å². The third-order valence-corrected chi connectivity index (χ3v) is 3.83. The Morgan fingerprint density at radius 1 is 1.00 bits per heavy atom. The maximum absolute atomic E-state index is 14.4. The molecule has 0 radical (unpaired) electrons. The summed E-state index contributed by atoms with van der Waals surface area (Å²) in [5, 5.41) is 15.4. The van der Waals surface area contributed by atoms with Crippen LogP contribution in [0.4, 0.5) is 8.78 Å². The average molecular weight is 337 g/mol. The molecule has 0 saturated carbocycles. The number of aromatic amines is 2. The summed E-state index contributed by atoms with van der Waals surface area (Å²) in [6, 6.07) is 9.26. The van der Waals surface area contributed by atoms with Gasteiger partial charge in [-0.3, -0.25) is 5.10 Å². The number of nitrogens with zero attached hydrogens (tertiary/aromatic N) is 3. The molecule has 2 aromatic heterocycles. The summed E-state index contributed by atoms with van der Waals surface area (Å²) in [6.07, 6.45) is 3.54. The first-order valence-electron chi connectivity index (χ1n) is 7.61. The van der Waals surface area contributed by atoms with Crippen LogP contribution in [-0.2, 0) is 0 Å². The summed E-state index contributed by atoms with van der Waals surface area (Å²) in [5.41, 5.74) is 2.30. The summed E-state index contributed by atoms with van der Waals surface area (Å²) >= 11 is 0. The molecule has 124 valence electrons. The number of nitrogens with one attached hydrogen (secondary N) is 2. The van der Waals surface area contributed by atoms with E-state index in [1.165, 1.54) is 18.2 Å². The number of halogens is 2. The van der Waals surface area contributed by atoms with Crippen LogP contribution in [-0.4, -0.2) is 25.4 Å². The highest BCUT2D eigenvalue weighted by molar-refractivity contribution is 5.92. The lowest BCUT2D eigenvalue weighted by Gasteiger charge is -1.99. The molecule has 0 atom stereocenters. The van der Waals surface area contributed by atoms with Crippen LogP contribution in [0.3, 0.4) is 0 Å². The smallest absolute Gasteiger partial charge is 0.161 e. The van der Waals surface area contributed by atoms with Crippen LogP contribution in [0, 0.1) is 18.6 Å². The molecule has 2 N–H and O–H groups in total. The highest BCUT2D eigenvalue weighted by Gasteiger charge is 2.13. The molecule has 0 saturated heterocycles. The first-order valence-corrected chi connectivity index (χ1v) is 7.61. The SMILES string of the molecule is Cc1nnc(-c2cc(F)c3[nH]nc(C=Cc4ccc(F)cc4)c3c2)[nH]1. The molecule has 0 aliphatic carbocycles. The van der Waals surface area contributed by atoms with E-state index in [0.717, 1.165) is 5.56 Å². The van der Waals surface area contributed by atoms with Crippen molar-refractivity contribution in [1.82, 2.24) is 25.4 Å². The van der Waals surface area contributed by atoms with Crippen molar-refractivity contribution in [1.29, 1.82) is 0 Å². The Bertz CT molecular complexity index is 1080. The predicted octanol–water partition coefficient (Wildman–Crippen LogP) is 4.11. The van der Waals surface area contributed by atoms with Crippen LogP contribution in [0.5, 0.6) is 0 Å². The number of aryl methyl sites for hydroxylation is 1. The Balaban J connectivity index is 1.77. The number of hydrogen-bond donors (Lipinski definition) is 2. The summed E-state index contributed by atoms with van der Waals surface area (Å²) in [6.45, 7) is 1.78. The lowest BCUT2D eigenvalue weighted by Crippen LogP contribution is -1.85. The highest BCUT2D eigenvalue weighted by Crippen LogP contribution is 2.27. The Kier molecular flexibility index (Phi) is 3.61. The van der Waals surface area contributed by atoms with Crippen molar-refractivity contribution in [2.24, 2.45) is 0 Å². The zero-order valence-electron chi connectivity index (χ0n) is 13.2. The van der Waals surface area contributed by atoms with Crippen LogP contribution >= 0.6 is 0 Å². The summed E-state index contributed by atoms with van der Waals surface area (Å²) in [4.78, 5) is 2.99. The van der Waals surface area contributed by atoms with E-state index < -0.39 is 5.82 Å². The maximum atomic E-state index is 14.4. The molecule has 7 heteroatoms. The fourth-order valence-electron chi connectivity index (χ4n) is 2.59. The van der Waals surface area contributed by atoms with Gasteiger partial charge in [0.2, 0.25) is 0 Å². The molecule has 2 heterocycles. The number of hydrogen-bond acceptors (Lipinski definition) is 3. The quantitative estimate of drug-likeness (QED) is 0.591. The van der Waals surface area contributed by atoms with E-state index in [0.29, 0.717) is 33.8 Å². The number of fused-ring (bicyclic) bond motifs is 1. The van der Waals surface area contributed by atoms with Gasteiger partial charge in [-0.2, -0.15) is 5.10 Å². The van der Waals surface area contributed by atoms with Crippen LogP contribution in [0.15, 0.2) is 36.4 Å². The van der Waals surface area contributed by atoms with Crippen LogP contribution < -0.4 is 0 Å². The monoisotopic (exact) mass is 337 g/mol. The van der Waals surface area contributed by atoms with Gasteiger partial charge in [-0.1, -0.05) is 18.2 Å². The van der Waals surface area contributed by atoms with Gasteiger partial charge in [0.05, 0.1) is 5.69 Å². The van der Waals surface area contributed by atoms with E-state index in [2.05, 4.69) is 25.4 Å². The van der Waals surface area contributed by atoms with E-state index in [9.17, 15) is 8.78 Å². The van der Waals surface area contributed by atoms with E-state index in [-0.39, 0.29) is 5.82 Å². The number of benzene rings is 2. The van der Waals surface area contributed by atoms with Crippen molar-refractivity contribution in [2.45, 2.75) is 6.92 Å². The minimum atomic E-state index is -0.421. The molecule has 0 aliphatic rings. The Labute approximate surface area is 141 Å². The van der Waals surface area contributed by atoms with E-state index in [1.807, 2.05) is 0 Å². The topological polar surface area (TPSA) is 70.2 Å². The molecule has 0 amide bonds. The lowest BCUT2D eigenvalue weighted by atomic mass is 10.1. The first kappa shape index (κ1) is 15.2. The molecule has 2 aromatic carbocycles. The molecule has 25 heavy (non-hydrogen) atoms. The number of aromatic nitrogens is 5. The molecule has 0 fully saturated rings. The lowest BCUT2D eigenvalue weighted by molar-refractivity contribution is 0.627. The second kappa shape index (κ2) is 5.94. The molecular formula is C18H13F2N5. The molecule has 0 bridgehead atoms. The molecule has 0 unspecified atom stereocenters. The summed E-state index contributed by atoms with van der Waals surface area (Å²) in [7, 11) is 0. The molecule has 0 spiro atoms. The third kappa shape index (κ3) is 2.91. The van der Waals surface area contributed by atoms with Crippen LogP contribution in [0.1, 0.15) is 17.1 Å². The largest absolute Gasteiger partial charge is 0.325 e. The standard InChI is InChI=1S/C18H13F2N5/c1-10-21-18(25-22-10)12-8-14-16(23-24-17(14)15(20)9-12)7-4-11-2-5-13(19)6-3-11/h2-9H,1H3,(H,23,24)(H,21,22,25). The second-order valence-electron chi connectivity index (χ2n) is 5.63. The van der Waals surface area contributed by atoms with E-state index in [1.54, 1.807) is 37.3 Å². The number of rotatable bonds is 3. The van der Waals surface area contributed by atoms with Gasteiger partial charge in [0.25, 0.3) is 0 Å². The van der Waals surface area contributed by atoms with Gasteiger partial charge in [-0.05, 0) is 42.8 Å². The van der Waals surface area contributed by atoms with Crippen molar-refractivity contribution in [2.75, 3.05) is 0 Å². The fraction of sp³-hybridized carbons (Fsp3) is 0.0556.